The first-order chi connectivity index (χ1) is 8.62. The van der Waals surface area contributed by atoms with Crippen LogP contribution in [0.4, 0.5) is 11.6 Å². The first-order valence-electron chi connectivity index (χ1n) is 6.20. The topological polar surface area (TPSA) is 71.5 Å². The molecule has 0 bridgehead atoms. The van der Waals surface area contributed by atoms with Crippen molar-refractivity contribution in [3.8, 4) is 0 Å². The van der Waals surface area contributed by atoms with Crippen LogP contribution in [0.1, 0.15) is 26.7 Å². The number of nitrogens with one attached hydrogen (secondary N) is 1. The average Bonchev–Trinajstić information content (AvgIpc) is 2.93. The zero-order valence-electron chi connectivity index (χ0n) is 10.7. The fourth-order valence-electron chi connectivity index (χ4n) is 2.67. The molecule has 0 saturated carbocycles. The van der Waals surface area contributed by atoms with Gasteiger partial charge in [-0.2, -0.15) is 0 Å². The number of imidazole rings is 1. The van der Waals surface area contributed by atoms with E-state index in [9.17, 15) is 0 Å². The minimum Gasteiger partial charge on any atom is -0.348 e. The summed E-state index contributed by atoms with van der Waals surface area (Å²) < 4.78 is 1.95. The van der Waals surface area contributed by atoms with Gasteiger partial charge in [0.05, 0.1) is 6.20 Å². The number of fused-ring (bicyclic) bond motifs is 1. The third-order valence-corrected chi connectivity index (χ3v) is 3.66. The second-order valence-electron chi connectivity index (χ2n) is 5.32. The fraction of sp³-hybridized carbons (Fsp3) is 0.500. The average molecular weight is 246 g/mol. The molecule has 96 valence electrons. The van der Waals surface area contributed by atoms with Crippen LogP contribution in [0.15, 0.2) is 18.6 Å². The van der Waals surface area contributed by atoms with Crippen LogP contribution in [0.25, 0.3) is 5.65 Å². The number of hydrogen-bond acceptors (Lipinski definition) is 5. The van der Waals surface area contributed by atoms with Gasteiger partial charge < -0.3 is 14.7 Å². The van der Waals surface area contributed by atoms with Gasteiger partial charge in [0.25, 0.3) is 0 Å². The van der Waals surface area contributed by atoms with Crippen molar-refractivity contribution in [1.29, 1.82) is 0 Å². The monoisotopic (exact) mass is 246 g/mol. The summed E-state index contributed by atoms with van der Waals surface area (Å²) in [5.74, 6) is 7.03. The van der Waals surface area contributed by atoms with Crippen LogP contribution in [-0.2, 0) is 0 Å². The Morgan fingerprint density at radius 3 is 2.94 bits per heavy atom. The molecular weight excluding hydrogens is 228 g/mol. The number of hydrazine groups is 1. The molecule has 6 nitrogen and oxygen atoms in total. The lowest BCUT2D eigenvalue weighted by Gasteiger charge is -2.32. The molecule has 2 aromatic heterocycles. The molecule has 0 unspecified atom stereocenters. The molecule has 1 aliphatic heterocycles. The van der Waals surface area contributed by atoms with Crippen LogP contribution in [-0.4, -0.2) is 26.5 Å². The summed E-state index contributed by atoms with van der Waals surface area (Å²) in [6.45, 7) is 5.49. The number of anilines is 2. The molecule has 0 aliphatic carbocycles. The number of nitrogen functional groups attached to an aromatic ring is 1. The predicted molar refractivity (Wildman–Crippen MR) is 71.5 cm³/mol. The van der Waals surface area contributed by atoms with E-state index in [2.05, 4.69) is 34.1 Å². The highest BCUT2D eigenvalue weighted by Crippen LogP contribution is 2.34. The van der Waals surface area contributed by atoms with E-state index in [1.54, 1.807) is 6.20 Å². The van der Waals surface area contributed by atoms with Crippen molar-refractivity contribution in [2.24, 2.45) is 5.84 Å². The lowest BCUT2D eigenvalue weighted by Crippen LogP contribution is -2.39. The van der Waals surface area contributed by atoms with Gasteiger partial charge in [-0.25, -0.2) is 15.8 Å². The summed E-state index contributed by atoms with van der Waals surface area (Å²) in [5.41, 5.74) is 3.61. The van der Waals surface area contributed by atoms with Crippen LogP contribution in [0.5, 0.6) is 0 Å². The van der Waals surface area contributed by atoms with E-state index in [1.807, 2.05) is 16.8 Å². The lowest BCUT2D eigenvalue weighted by molar-refractivity contribution is 0.515. The van der Waals surface area contributed by atoms with Gasteiger partial charge in [0.2, 0.25) is 0 Å². The van der Waals surface area contributed by atoms with Crippen molar-refractivity contribution in [2.45, 2.75) is 32.2 Å². The zero-order chi connectivity index (χ0) is 12.8. The number of nitrogens with zero attached hydrogens (tertiary/aromatic N) is 4. The maximum atomic E-state index is 5.48. The van der Waals surface area contributed by atoms with Crippen LogP contribution >= 0.6 is 0 Å². The van der Waals surface area contributed by atoms with E-state index in [4.69, 9.17) is 5.84 Å². The first-order valence-corrected chi connectivity index (χ1v) is 6.20. The third-order valence-electron chi connectivity index (χ3n) is 3.66. The van der Waals surface area contributed by atoms with Gasteiger partial charge in [-0.05, 0) is 26.7 Å². The molecule has 18 heavy (non-hydrogen) atoms. The molecule has 3 rings (SSSR count). The predicted octanol–water partition coefficient (Wildman–Crippen LogP) is 1.39. The van der Waals surface area contributed by atoms with Crippen molar-refractivity contribution in [3.63, 3.8) is 0 Å². The SMILES string of the molecule is CC1(C)CCCN1c1nc(NN)cn2ccnc12. The Bertz CT molecular complexity index is 573. The summed E-state index contributed by atoms with van der Waals surface area (Å²) in [4.78, 5) is 11.3. The van der Waals surface area contributed by atoms with Crippen LogP contribution in [0.2, 0.25) is 0 Å². The molecule has 2 aromatic rings. The van der Waals surface area contributed by atoms with Gasteiger partial charge >= 0.3 is 0 Å². The summed E-state index contributed by atoms with van der Waals surface area (Å²) in [6.07, 6.45) is 7.88. The number of nitrogens with two attached hydrogens (primary N) is 1. The van der Waals surface area contributed by atoms with Gasteiger partial charge in [0.1, 0.15) is 0 Å². The molecule has 6 heteroatoms. The maximum Gasteiger partial charge on any atom is 0.180 e. The van der Waals surface area contributed by atoms with E-state index >= 15 is 0 Å². The Hall–Kier alpha value is -1.82. The third kappa shape index (κ3) is 1.60. The highest BCUT2D eigenvalue weighted by Gasteiger charge is 2.34. The molecular formula is C12H18N6. The molecule has 0 amide bonds. The molecule has 1 saturated heterocycles. The van der Waals surface area contributed by atoms with Crippen LogP contribution in [0, 0.1) is 0 Å². The van der Waals surface area contributed by atoms with Gasteiger partial charge in [-0.15, -0.1) is 0 Å². The molecule has 1 fully saturated rings. The Labute approximate surface area is 106 Å². The van der Waals surface area contributed by atoms with Crippen molar-refractivity contribution >= 4 is 17.3 Å². The van der Waals surface area contributed by atoms with Gasteiger partial charge in [-0.3, -0.25) is 0 Å². The first kappa shape index (κ1) is 11.3. The molecule has 3 N–H and O–H groups in total. The second-order valence-corrected chi connectivity index (χ2v) is 5.32. The minimum absolute atomic E-state index is 0.118. The van der Waals surface area contributed by atoms with E-state index in [-0.39, 0.29) is 5.54 Å². The Morgan fingerprint density at radius 2 is 2.28 bits per heavy atom. The lowest BCUT2D eigenvalue weighted by atomic mass is 10.0. The van der Waals surface area contributed by atoms with Crippen LogP contribution in [0.3, 0.4) is 0 Å². The Kier molecular flexibility index (Phi) is 2.41. The Balaban J connectivity index is 2.18. The standard InChI is InChI=1S/C12H18N6/c1-12(2)4-3-6-18(12)11-10-14-5-7-17(10)8-9(15-11)16-13/h5,7-8,16H,3-4,6,13H2,1-2H3. The normalized spacial score (nSPS) is 18.5. The summed E-state index contributed by atoms with van der Waals surface area (Å²) in [6, 6.07) is 0. The minimum atomic E-state index is 0.118. The summed E-state index contributed by atoms with van der Waals surface area (Å²) in [5, 5.41) is 0. The maximum absolute atomic E-state index is 5.48. The highest BCUT2D eigenvalue weighted by molar-refractivity contribution is 5.68. The van der Waals surface area contributed by atoms with Crippen LogP contribution < -0.4 is 16.2 Å². The molecule has 0 spiro atoms. The second kappa shape index (κ2) is 3.84. The van der Waals surface area contributed by atoms with Crippen molar-refractivity contribution in [3.05, 3.63) is 18.6 Å². The van der Waals surface area contributed by atoms with E-state index in [1.165, 1.54) is 12.8 Å². The summed E-state index contributed by atoms with van der Waals surface area (Å²) in [7, 11) is 0. The Morgan fingerprint density at radius 1 is 1.44 bits per heavy atom. The molecule has 0 aromatic carbocycles. The molecule has 3 heterocycles. The van der Waals surface area contributed by atoms with Gasteiger partial charge in [0.15, 0.2) is 17.3 Å². The number of hydrogen-bond donors (Lipinski definition) is 2. The number of aromatic nitrogens is 3. The van der Waals surface area contributed by atoms with E-state index in [0.29, 0.717) is 5.82 Å². The molecule has 0 atom stereocenters. The van der Waals surface area contributed by atoms with Gasteiger partial charge in [0, 0.05) is 24.5 Å². The fourth-order valence-corrected chi connectivity index (χ4v) is 2.67. The number of rotatable bonds is 2. The zero-order valence-corrected chi connectivity index (χ0v) is 10.7. The quantitative estimate of drug-likeness (QED) is 0.619. The largest absolute Gasteiger partial charge is 0.348 e. The summed E-state index contributed by atoms with van der Waals surface area (Å²) >= 11 is 0. The molecule has 0 radical (unpaired) electrons. The molecule has 1 aliphatic rings. The van der Waals surface area contributed by atoms with Crippen molar-refractivity contribution < 1.29 is 0 Å². The van der Waals surface area contributed by atoms with E-state index in [0.717, 1.165) is 18.0 Å². The smallest absolute Gasteiger partial charge is 0.180 e. The van der Waals surface area contributed by atoms with Crippen molar-refractivity contribution in [1.82, 2.24) is 14.4 Å². The highest BCUT2D eigenvalue weighted by atomic mass is 15.3. The van der Waals surface area contributed by atoms with Crippen molar-refractivity contribution in [2.75, 3.05) is 16.9 Å². The van der Waals surface area contributed by atoms with Gasteiger partial charge in [-0.1, -0.05) is 0 Å². The van der Waals surface area contributed by atoms with E-state index < -0.39 is 0 Å².